The Morgan fingerprint density at radius 3 is 2.71 bits per heavy atom. The van der Waals surface area contributed by atoms with Gasteiger partial charge in [0.05, 0.1) is 12.7 Å². The number of aromatic nitrogens is 1. The summed E-state index contributed by atoms with van der Waals surface area (Å²) in [5.41, 5.74) is 1.49. The summed E-state index contributed by atoms with van der Waals surface area (Å²) in [5.74, 6) is -1.38. The lowest BCUT2D eigenvalue weighted by atomic mass is 10.1. The molecule has 1 saturated heterocycles. The molecule has 0 atom stereocenters. The Bertz CT molecular complexity index is 676. The summed E-state index contributed by atoms with van der Waals surface area (Å²) in [5, 5.41) is -0.429. The van der Waals surface area contributed by atoms with Gasteiger partial charge < -0.3 is 4.74 Å². The van der Waals surface area contributed by atoms with E-state index in [2.05, 4.69) is 9.88 Å². The van der Waals surface area contributed by atoms with E-state index >= 15 is 0 Å². The van der Waals surface area contributed by atoms with Gasteiger partial charge in [-0.3, -0.25) is 9.88 Å². The Morgan fingerprint density at radius 1 is 1.21 bits per heavy atom. The Hall–Kier alpha value is -1.56. The molecular formula is C18H19ClF2N2O. The van der Waals surface area contributed by atoms with Crippen LogP contribution in [0.5, 0.6) is 0 Å². The summed E-state index contributed by atoms with van der Waals surface area (Å²) in [6.45, 7) is 2.61. The van der Waals surface area contributed by atoms with Gasteiger partial charge in [-0.15, -0.1) is 0 Å². The molecule has 24 heavy (non-hydrogen) atoms. The van der Waals surface area contributed by atoms with Crippen LogP contribution in [-0.4, -0.2) is 29.1 Å². The van der Waals surface area contributed by atoms with Crippen LogP contribution in [0.2, 0.25) is 5.02 Å². The monoisotopic (exact) mass is 352 g/mol. The first-order chi connectivity index (χ1) is 11.6. The van der Waals surface area contributed by atoms with Gasteiger partial charge in [0, 0.05) is 37.6 Å². The lowest BCUT2D eigenvalue weighted by Crippen LogP contribution is -2.36. The topological polar surface area (TPSA) is 25.4 Å². The summed E-state index contributed by atoms with van der Waals surface area (Å²) in [6.07, 6.45) is 5.51. The van der Waals surface area contributed by atoms with Gasteiger partial charge in [-0.05, 0) is 30.5 Å². The SMILES string of the molecule is Fc1ccc(CN2CCC(OCc3cccnc3)CC2)c(F)c1Cl. The number of nitrogens with zero attached hydrogens (tertiary/aromatic N) is 2. The molecule has 0 saturated carbocycles. The smallest absolute Gasteiger partial charge is 0.149 e. The highest BCUT2D eigenvalue weighted by molar-refractivity contribution is 6.30. The van der Waals surface area contributed by atoms with Gasteiger partial charge in [-0.1, -0.05) is 23.7 Å². The number of likely N-dealkylation sites (tertiary alicyclic amines) is 1. The third-order valence-electron chi connectivity index (χ3n) is 4.25. The third kappa shape index (κ3) is 4.29. The van der Waals surface area contributed by atoms with E-state index in [0.717, 1.165) is 31.5 Å². The summed E-state index contributed by atoms with van der Waals surface area (Å²) in [7, 11) is 0. The van der Waals surface area contributed by atoms with Crippen LogP contribution in [0.3, 0.4) is 0 Å². The molecule has 1 aromatic heterocycles. The van der Waals surface area contributed by atoms with Gasteiger partial charge in [0.1, 0.15) is 16.7 Å². The molecule has 1 aliphatic rings. The Balaban J connectivity index is 1.48. The van der Waals surface area contributed by atoms with Gasteiger partial charge in [-0.2, -0.15) is 0 Å². The van der Waals surface area contributed by atoms with E-state index in [1.54, 1.807) is 12.4 Å². The van der Waals surface area contributed by atoms with Crippen LogP contribution in [-0.2, 0) is 17.9 Å². The molecule has 0 radical (unpaired) electrons. The number of rotatable bonds is 5. The number of piperidine rings is 1. The van der Waals surface area contributed by atoms with Crippen LogP contribution in [0.15, 0.2) is 36.7 Å². The third-order valence-corrected chi connectivity index (χ3v) is 4.60. The first kappa shape index (κ1) is 17.3. The van der Waals surface area contributed by atoms with E-state index in [1.807, 2.05) is 12.1 Å². The first-order valence-corrected chi connectivity index (χ1v) is 8.36. The summed E-state index contributed by atoms with van der Waals surface area (Å²) in [6, 6.07) is 6.55. The number of ether oxygens (including phenoxy) is 1. The number of hydrogen-bond donors (Lipinski definition) is 0. The van der Waals surface area contributed by atoms with Crippen molar-refractivity contribution in [2.45, 2.75) is 32.1 Å². The van der Waals surface area contributed by atoms with Crippen LogP contribution >= 0.6 is 11.6 Å². The van der Waals surface area contributed by atoms with Gasteiger partial charge >= 0.3 is 0 Å². The number of pyridine rings is 1. The molecule has 0 bridgehead atoms. The molecule has 6 heteroatoms. The maximum Gasteiger partial charge on any atom is 0.149 e. The zero-order valence-corrected chi connectivity index (χ0v) is 14.0. The number of hydrogen-bond acceptors (Lipinski definition) is 3. The van der Waals surface area contributed by atoms with Crippen molar-refractivity contribution in [3.8, 4) is 0 Å². The second-order valence-electron chi connectivity index (χ2n) is 5.98. The zero-order chi connectivity index (χ0) is 16.9. The minimum atomic E-state index is -0.722. The molecule has 0 unspecified atom stereocenters. The Morgan fingerprint density at radius 2 is 2.00 bits per heavy atom. The quantitative estimate of drug-likeness (QED) is 0.754. The summed E-state index contributed by atoms with van der Waals surface area (Å²) >= 11 is 5.63. The molecule has 1 fully saturated rings. The standard InChI is InChI=1S/C18H19ClF2N2O/c19-17-16(20)4-3-14(18(17)21)11-23-8-5-15(6-9-23)24-12-13-2-1-7-22-10-13/h1-4,7,10,15H,5-6,8-9,11-12H2. The van der Waals surface area contributed by atoms with Crippen molar-refractivity contribution in [1.82, 2.24) is 9.88 Å². The van der Waals surface area contributed by atoms with Gasteiger partial charge in [0.15, 0.2) is 0 Å². The van der Waals surface area contributed by atoms with E-state index in [1.165, 1.54) is 12.1 Å². The van der Waals surface area contributed by atoms with Crippen LogP contribution < -0.4 is 0 Å². The maximum absolute atomic E-state index is 14.0. The highest BCUT2D eigenvalue weighted by atomic mass is 35.5. The van der Waals surface area contributed by atoms with Crippen molar-refractivity contribution in [3.63, 3.8) is 0 Å². The van der Waals surface area contributed by atoms with Gasteiger partial charge in [0.25, 0.3) is 0 Å². The molecule has 128 valence electrons. The number of halogens is 3. The molecule has 2 heterocycles. The zero-order valence-electron chi connectivity index (χ0n) is 13.2. The minimum Gasteiger partial charge on any atom is -0.373 e. The van der Waals surface area contributed by atoms with E-state index in [9.17, 15) is 8.78 Å². The Labute approximate surface area is 145 Å². The predicted octanol–water partition coefficient (Wildman–Crippen LogP) is 4.19. The molecule has 3 nitrogen and oxygen atoms in total. The molecule has 0 amide bonds. The predicted molar refractivity (Wildman–Crippen MR) is 88.7 cm³/mol. The van der Waals surface area contributed by atoms with Crippen molar-refractivity contribution in [2.75, 3.05) is 13.1 Å². The molecule has 3 rings (SSSR count). The van der Waals surface area contributed by atoms with Crippen LogP contribution in [0, 0.1) is 11.6 Å². The van der Waals surface area contributed by atoms with Crippen LogP contribution in [0.4, 0.5) is 8.78 Å². The van der Waals surface area contributed by atoms with E-state index in [4.69, 9.17) is 16.3 Å². The highest BCUT2D eigenvalue weighted by Gasteiger charge is 2.21. The molecule has 1 aliphatic heterocycles. The maximum atomic E-state index is 14.0. The summed E-state index contributed by atoms with van der Waals surface area (Å²) in [4.78, 5) is 6.20. The average molecular weight is 353 g/mol. The lowest BCUT2D eigenvalue weighted by molar-refractivity contribution is -0.00419. The molecule has 2 aromatic rings. The molecule has 1 aromatic carbocycles. The fourth-order valence-corrected chi connectivity index (χ4v) is 3.04. The average Bonchev–Trinajstić information content (AvgIpc) is 2.62. The molecular weight excluding hydrogens is 334 g/mol. The normalized spacial score (nSPS) is 16.5. The molecule has 0 aliphatic carbocycles. The van der Waals surface area contributed by atoms with E-state index in [-0.39, 0.29) is 6.10 Å². The van der Waals surface area contributed by atoms with Crippen molar-refractivity contribution < 1.29 is 13.5 Å². The van der Waals surface area contributed by atoms with Gasteiger partial charge in [0.2, 0.25) is 0 Å². The number of benzene rings is 1. The van der Waals surface area contributed by atoms with E-state index < -0.39 is 16.7 Å². The van der Waals surface area contributed by atoms with Gasteiger partial charge in [-0.25, -0.2) is 8.78 Å². The highest BCUT2D eigenvalue weighted by Crippen LogP contribution is 2.24. The second kappa shape index (κ2) is 8.01. The second-order valence-corrected chi connectivity index (χ2v) is 6.36. The van der Waals surface area contributed by atoms with Crippen molar-refractivity contribution in [2.24, 2.45) is 0 Å². The van der Waals surface area contributed by atoms with Crippen molar-refractivity contribution >= 4 is 11.6 Å². The van der Waals surface area contributed by atoms with Crippen LogP contribution in [0.25, 0.3) is 0 Å². The first-order valence-electron chi connectivity index (χ1n) is 7.98. The fraction of sp³-hybridized carbons (Fsp3) is 0.389. The van der Waals surface area contributed by atoms with Crippen LogP contribution in [0.1, 0.15) is 24.0 Å². The van der Waals surface area contributed by atoms with Crippen molar-refractivity contribution in [3.05, 3.63) is 64.4 Å². The minimum absolute atomic E-state index is 0.197. The fourth-order valence-electron chi connectivity index (χ4n) is 2.86. The van der Waals surface area contributed by atoms with Crippen molar-refractivity contribution in [1.29, 1.82) is 0 Å². The Kier molecular flexibility index (Phi) is 5.76. The molecule has 0 N–H and O–H groups in total. The largest absolute Gasteiger partial charge is 0.373 e. The lowest BCUT2D eigenvalue weighted by Gasteiger charge is -2.32. The summed E-state index contributed by atoms with van der Waals surface area (Å²) < 4.78 is 33.1. The van der Waals surface area contributed by atoms with E-state index in [0.29, 0.717) is 18.7 Å². The molecule has 0 spiro atoms.